The van der Waals surface area contributed by atoms with Crippen LogP contribution in [-0.2, 0) is 0 Å². The van der Waals surface area contributed by atoms with Crippen LogP contribution in [0.15, 0.2) is 53.0 Å². The molecule has 0 fully saturated rings. The van der Waals surface area contributed by atoms with E-state index in [4.69, 9.17) is 9.47 Å². The van der Waals surface area contributed by atoms with Gasteiger partial charge in [-0.2, -0.15) is 0 Å². The highest BCUT2D eigenvalue weighted by atomic mass is 79.9. The number of rotatable bonds is 7. The van der Waals surface area contributed by atoms with Gasteiger partial charge in [0, 0.05) is 10.5 Å². The van der Waals surface area contributed by atoms with Gasteiger partial charge in [-0.15, -0.1) is 0 Å². The lowest BCUT2D eigenvalue weighted by Gasteiger charge is -2.14. The zero-order valence-corrected chi connectivity index (χ0v) is 13.9. The molecule has 1 N–H and O–H groups in total. The van der Waals surface area contributed by atoms with E-state index in [-0.39, 0.29) is 0 Å². The highest BCUT2D eigenvalue weighted by Crippen LogP contribution is 2.27. The van der Waals surface area contributed by atoms with E-state index < -0.39 is 0 Å². The van der Waals surface area contributed by atoms with Crippen molar-refractivity contribution in [3.63, 3.8) is 0 Å². The maximum Gasteiger partial charge on any atom is 0.122 e. The van der Waals surface area contributed by atoms with Crippen LogP contribution >= 0.6 is 15.9 Å². The predicted molar refractivity (Wildman–Crippen MR) is 89.0 cm³/mol. The molecule has 3 nitrogen and oxygen atoms in total. The summed E-state index contributed by atoms with van der Waals surface area (Å²) >= 11 is 3.58. The van der Waals surface area contributed by atoms with Crippen LogP contribution < -0.4 is 14.8 Å². The van der Waals surface area contributed by atoms with Gasteiger partial charge in [0.05, 0.1) is 0 Å². The quantitative estimate of drug-likeness (QED) is 0.760. The minimum atomic E-state index is 0.301. The summed E-state index contributed by atoms with van der Waals surface area (Å²) in [6.07, 6.45) is 0. The number of halogens is 1. The molecule has 0 aliphatic carbocycles. The van der Waals surface area contributed by atoms with Gasteiger partial charge in [0.25, 0.3) is 0 Å². The van der Waals surface area contributed by atoms with Crippen LogP contribution in [0, 0.1) is 0 Å². The first-order valence-electron chi connectivity index (χ1n) is 6.98. The van der Waals surface area contributed by atoms with Crippen LogP contribution in [0.1, 0.15) is 18.5 Å². The molecule has 1 unspecified atom stereocenters. The van der Waals surface area contributed by atoms with E-state index >= 15 is 0 Å². The highest BCUT2D eigenvalue weighted by Gasteiger charge is 2.08. The second kappa shape index (κ2) is 8.05. The molecule has 0 amide bonds. The van der Waals surface area contributed by atoms with Gasteiger partial charge in [0.15, 0.2) is 0 Å². The smallest absolute Gasteiger partial charge is 0.122 e. The van der Waals surface area contributed by atoms with E-state index in [1.807, 2.05) is 49.5 Å². The maximum absolute atomic E-state index is 5.70. The third-order valence-electron chi connectivity index (χ3n) is 3.24. The van der Waals surface area contributed by atoms with Crippen LogP contribution in [0.5, 0.6) is 11.5 Å². The molecule has 2 aromatic carbocycles. The van der Waals surface area contributed by atoms with Crippen LogP contribution in [0.3, 0.4) is 0 Å². The van der Waals surface area contributed by atoms with E-state index in [9.17, 15) is 0 Å². The van der Waals surface area contributed by atoms with Crippen LogP contribution in [0.25, 0.3) is 0 Å². The molecular formula is C17H20BrNO2. The second-order valence-electron chi connectivity index (χ2n) is 4.70. The third kappa shape index (κ3) is 4.76. The SMILES string of the molecule is CNC(C)c1ccc(OCCOc2ccccc2)cc1Br. The van der Waals surface area contributed by atoms with Crippen molar-refractivity contribution >= 4 is 15.9 Å². The molecule has 1 atom stereocenters. The van der Waals surface area contributed by atoms with Gasteiger partial charge in [-0.05, 0) is 43.8 Å². The van der Waals surface area contributed by atoms with Crippen molar-refractivity contribution in [3.8, 4) is 11.5 Å². The van der Waals surface area contributed by atoms with Crippen molar-refractivity contribution in [2.45, 2.75) is 13.0 Å². The molecule has 0 aliphatic heterocycles. The molecule has 21 heavy (non-hydrogen) atoms. The monoisotopic (exact) mass is 349 g/mol. The predicted octanol–water partition coefficient (Wildman–Crippen LogP) is 4.19. The standard InChI is InChI=1S/C17H20BrNO2/c1-13(19-2)16-9-8-15(12-17(16)18)21-11-10-20-14-6-4-3-5-7-14/h3-9,12-13,19H,10-11H2,1-2H3. The molecule has 0 heterocycles. The summed E-state index contributed by atoms with van der Waals surface area (Å²) in [6, 6.07) is 16.1. The Morgan fingerprint density at radius 2 is 1.67 bits per heavy atom. The fourth-order valence-electron chi connectivity index (χ4n) is 1.94. The summed E-state index contributed by atoms with van der Waals surface area (Å²) < 4.78 is 12.3. The lowest BCUT2D eigenvalue weighted by atomic mass is 10.1. The third-order valence-corrected chi connectivity index (χ3v) is 3.92. The molecule has 2 aromatic rings. The van der Waals surface area contributed by atoms with Gasteiger partial charge in [-0.3, -0.25) is 0 Å². The Kier molecular flexibility index (Phi) is 6.08. The Hall–Kier alpha value is -1.52. The van der Waals surface area contributed by atoms with E-state index in [0.717, 1.165) is 16.0 Å². The zero-order valence-electron chi connectivity index (χ0n) is 12.3. The molecule has 0 aromatic heterocycles. The van der Waals surface area contributed by atoms with Crippen LogP contribution in [-0.4, -0.2) is 20.3 Å². The molecule has 0 bridgehead atoms. The van der Waals surface area contributed by atoms with Crippen molar-refractivity contribution in [1.29, 1.82) is 0 Å². The first-order valence-corrected chi connectivity index (χ1v) is 7.77. The van der Waals surface area contributed by atoms with Gasteiger partial charge >= 0.3 is 0 Å². The number of hydrogen-bond acceptors (Lipinski definition) is 3. The second-order valence-corrected chi connectivity index (χ2v) is 5.56. The molecule has 4 heteroatoms. The minimum Gasteiger partial charge on any atom is -0.490 e. The average Bonchev–Trinajstić information content (AvgIpc) is 2.52. The van der Waals surface area contributed by atoms with Crippen molar-refractivity contribution < 1.29 is 9.47 Å². The summed E-state index contributed by atoms with van der Waals surface area (Å²) in [6.45, 7) is 3.16. The fraction of sp³-hybridized carbons (Fsp3) is 0.294. The molecule has 112 valence electrons. The summed E-state index contributed by atoms with van der Waals surface area (Å²) in [5.41, 5.74) is 1.21. The number of ether oxygens (including phenoxy) is 2. The summed E-state index contributed by atoms with van der Waals surface area (Å²) in [5, 5.41) is 3.22. The summed E-state index contributed by atoms with van der Waals surface area (Å²) in [7, 11) is 1.95. The normalized spacial score (nSPS) is 12.0. The van der Waals surface area contributed by atoms with Crippen molar-refractivity contribution in [2.75, 3.05) is 20.3 Å². The fourth-order valence-corrected chi connectivity index (χ4v) is 2.64. The molecule has 0 saturated carbocycles. The molecule has 0 aliphatic rings. The molecule has 0 saturated heterocycles. The van der Waals surface area contributed by atoms with E-state index in [1.54, 1.807) is 0 Å². The zero-order chi connectivity index (χ0) is 15.1. The van der Waals surface area contributed by atoms with Gasteiger partial charge in [-0.1, -0.05) is 40.2 Å². The number of para-hydroxylation sites is 1. The molecule has 2 rings (SSSR count). The lowest BCUT2D eigenvalue weighted by Crippen LogP contribution is -2.13. The summed E-state index contributed by atoms with van der Waals surface area (Å²) in [5.74, 6) is 1.70. The number of nitrogens with one attached hydrogen (secondary N) is 1. The number of benzene rings is 2. The Labute approximate surface area is 134 Å². The topological polar surface area (TPSA) is 30.5 Å². The van der Waals surface area contributed by atoms with Gasteiger partial charge in [0.1, 0.15) is 24.7 Å². The van der Waals surface area contributed by atoms with Crippen molar-refractivity contribution in [3.05, 3.63) is 58.6 Å². The highest BCUT2D eigenvalue weighted by molar-refractivity contribution is 9.10. The Morgan fingerprint density at radius 1 is 1.00 bits per heavy atom. The maximum atomic E-state index is 5.70. The van der Waals surface area contributed by atoms with E-state index in [1.165, 1.54) is 5.56 Å². The Balaban J connectivity index is 1.82. The lowest BCUT2D eigenvalue weighted by molar-refractivity contribution is 0.217. The Morgan fingerprint density at radius 3 is 2.29 bits per heavy atom. The van der Waals surface area contributed by atoms with Gasteiger partial charge < -0.3 is 14.8 Å². The van der Waals surface area contributed by atoms with E-state index in [2.05, 4.69) is 34.2 Å². The Bertz CT molecular complexity index is 560. The average molecular weight is 350 g/mol. The molecular weight excluding hydrogens is 330 g/mol. The first kappa shape index (κ1) is 15.9. The van der Waals surface area contributed by atoms with Crippen molar-refractivity contribution in [1.82, 2.24) is 5.32 Å². The van der Waals surface area contributed by atoms with Gasteiger partial charge in [0.2, 0.25) is 0 Å². The van der Waals surface area contributed by atoms with Crippen LogP contribution in [0.2, 0.25) is 0 Å². The van der Waals surface area contributed by atoms with E-state index in [0.29, 0.717) is 19.3 Å². The van der Waals surface area contributed by atoms with Crippen molar-refractivity contribution in [2.24, 2.45) is 0 Å². The first-order chi connectivity index (χ1) is 10.2. The van der Waals surface area contributed by atoms with Crippen LogP contribution in [0.4, 0.5) is 0 Å². The minimum absolute atomic E-state index is 0.301. The summed E-state index contributed by atoms with van der Waals surface area (Å²) in [4.78, 5) is 0. The number of hydrogen-bond donors (Lipinski definition) is 1. The molecule has 0 radical (unpaired) electrons. The van der Waals surface area contributed by atoms with Gasteiger partial charge in [-0.25, -0.2) is 0 Å². The molecule has 0 spiro atoms. The largest absolute Gasteiger partial charge is 0.490 e.